The minimum atomic E-state index is 0.734. The summed E-state index contributed by atoms with van der Waals surface area (Å²) in [5, 5.41) is 3.46. The Morgan fingerprint density at radius 3 is 2.83 bits per heavy atom. The van der Waals surface area contributed by atoms with Gasteiger partial charge in [0.1, 0.15) is 5.82 Å². The third-order valence-electron chi connectivity index (χ3n) is 3.35. The van der Waals surface area contributed by atoms with Gasteiger partial charge >= 0.3 is 0 Å². The summed E-state index contributed by atoms with van der Waals surface area (Å²) >= 11 is 0. The van der Waals surface area contributed by atoms with Crippen LogP contribution >= 0.6 is 0 Å². The highest BCUT2D eigenvalue weighted by atomic mass is 15.2. The Morgan fingerprint density at radius 2 is 2.06 bits per heavy atom. The van der Waals surface area contributed by atoms with Crippen molar-refractivity contribution in [1.29, 1.82) is 0 Å². The van der Waals surface area contributed by atoms with Crippen LogP contribution in [0.25, 0.3) is 0 Å². The molecule has 0 atom stereocenters. The van der Waals surface area contributed by atoms with Gasteiger partial charge < -0.3 is 15.2 Å². The number of aromatic amines is 1. The summed E-state index contributed by atoms with van der Waals surface area (Å²) in [5.74, 6) is 0.964. The average Bonchev–Trinajstić information content (AvgIpc) is 3.10. The van der Waals surface area contributed by atoms with Crippen molar-refractivity contribution in [3.05, 3.63) is 42.5 Å². The maximum Gasteiger partial charge on any atom is 0.125 e. The third-order valence-corrected chi connectivity index (χ3v) is 3.35. The van der Waals surface area contributed by atoms with E-state index in [1.165, 1.54) is 37.3 Å². The van der Waals surface area contributed by atoms with Gasteiger partial charge in [0.25, 0.3) is 0 Å². The topological polar surface area (TPSA) is 44.0 Å². The van der Waals surface area contributed by atoms with Crippen molar-refractivity contribution in [3.8, 4) is 0 Å². The molecule has 1 aliphatic heterocycles. The predicted octanol–water partition coefficient (Wildman–Crippen LogP) is 2.62. The maximum atomic E-state index is 4.23. The molecule has 0 unspecified atom stereocenters. The third kappa shape index (κ3) is 2.32. The first-order valence-electron chi connectivity index (χ1n) is 6.49. The molecule has 2 aromatic rings. The molecule has 0 spiro atoms. The summed E-state index contributed by atoms with van der Waals surface area (Å²) in [6.45, 7) is 3.07. The van der Waals surface area contributed by atoms with Gasteiger partial charge in [0.15, 0.2) is 0 Å². The largest absolute Gasteiger partial charge is 0.376 e. The van der Waals surface area contributed by atoms with Gasteiger partial charge in [-0.2, -0.15) is 0 Å². The molecule has 0 radical (unpaired) electrons. The second-order valence-electron chi connectivity index (χ2n) is 4.60. The molecule has 94 valence electrons. The lowest BCUT2D eigenvalue weighted by Crippen LogP contribution is -2.19. The van der Waals surface area contributed by atoms with E-state index in [1.54, 1.807) is 6.20 Å². The number of H-pyrrole nitrogens is 1. The van der Waals surface area contributed by atoms with Crippen LogP contribution in [0.15, 0.2) is 36.7 Å². The number of para-hydroxylation sites is 2. The monoisotopic (exact) mass is 242 g/mol. The summed E-state index contributed by atoms with van der Waals surface area (Å²) in [6, 6.07) is 8.50. The Labute approximate surface area is 107 Å². The minimum absolute atomic E-state index is 0.734. The molecule has 2 N–H and O–H groups in total. The van der Waals surface area contributed by atoms with E-state index in [0.29, 0.717) is 0 Å². The SMILES string of the molecule is c1ccc(N2CCCC2)c(NCc2ncc[nH]2)c1. The van der Waals surface area contributed by atoms with Crippen LogP contribution in [0.3, 0.4) is 0 Å². The Balaban J connectivity index is 1.74. The second kappa shape index (κ2) is 5.12. The van der Waals surface area contributed by atoms with Crippen molar-refractivity contribution >= 4 is 11.4 Å². The summed E-state index contributed by atoms with van der Waals surface area (Å²) in [6.07, 6.45) is 6.23. The lowest BCUT2D eigenvalue weighted by molar-refractivity contribution is 0.949. The molecule has 1 fully saturated rings. The average molecular weight is 242 g/mol. The second-order valence-corrected chi connectivity index (χ2v) is 4.60. The molecule has 1 aromatic carbocycles. The predicted molar refractivity (Wildman–Crippen MR) is 73.8 cm³/mol. The highest BCUT2D eigenvalue weighted by Crippen LogP contribution is 2.28. The van der Waals surface area contributed by atoms with Gasteiger partial charge in [0, 0.05) is 25.5 Å². The van der Waals surface area contributed by atoms with Crippen molar-refractivity contribution in [2.45, 2.75) is 19.4 Å². The van der Waals surface area contributed by atoms with Gasteiger partial charge in [-0.15, -0.1) is 0 Å². The highest BCUT2D eigenvalue weighted by molar-refractivity contribution is 5.70. The number of hydrogen-bond acceptors (Lipinski definition) is 3. The summed E-state index contributed by atoms with van der Waals surface area (Å²) in [5.41, 5.74) is 2.50. The lowest BCUT2D eigenvalue weighted by atomic mass is 10.2. The molecule has 0 saturated carbocycles. The van der Waals surface area contributed by atoms with Crippen LogP contribution < -0.4 is 10.2 Å². The van der Waals surface area contributed by atoms with Gasteiger partial charge in [-0.25, -0.2) is 4.98 Å². The van der Waals surface area contributed by atoms with Crippen molar-refractivity contribution in [3.63, 3.8) is 0 Å². The van der Waals surface area contributed by atoms with Crippen molar-refractivity contribution in [1.82, 2.24) is 9.97 Å². The van der Waals surface area contributed by atoms with Crippen LogP contribution in [-0.4, -0.2) is 23.1 Å². The summed E-state index contributed by atoms with van der Waals surface area (Å²) < 4.78 is 0. The molecule has 1 aliphatic rings. The zero-order chi connectivity index (χ0) is 12.2. The smallest absolute Gasteiger partial charge is 0.125 e. The van der Waals surface area contributed by atoms with E-state index in [0.717, 1.165) is 12.4 Å². The van der Waals surface area contributed by atoms with Gasteiger partial charge in [0.2, 0.25) is 0 Å². The standard InChI is InChI=1S/C14H18N4/c1-2-6-13(18-9-3-4-10-18)12(5-1)17-11-14-15-7-8-16-14/h1-2,5-8,17H,3-4,9-11H2,(H,15,16). The van der Waals surface area contributed by atoms with Crippen LogP contribution in [0, 0.1) is 0 Å². The molecule has 2 heterocycles. The Morgan fingerprint density at radius 1 is 1.22 bits per heavy atom. The lowest BCUT2D eigenvalue weighted by Gasteiger charge is -2.21. The fourth-order valence-electron chi connectivity index (χ4n) is 2.43. The van der Waals surface area contributed by atoms with Crippen molar-refractivity contribution < 1.29 is 0 Å². The summed E-state index contributed by atoms with van der Waals surface area (Å²) in [7, 11) is 0. The molecular weight excluding hydrogens is 224 g/mol. The first kappa shape index (κ1) is 11.1. The number of hydrogen-bond donors (Lipinski definition) is 2. The zero-order valence-corrected chi connectivity index (χ0v) is 10.4. The van der Waals surface area contributed by atoms with Gasteiger partial charge in [-0.1, -0.05) is 12.1 Å². The quantitative estimate of drug-likeness (QED) is 0.866. The zero-order valence-electron chi connectivity index (χ0n) is 10.4. The first-order chi connectivity index (χ1) is 8.93. The molecule has 4 heteroatoms. The van der Waals surface area contributed by atoms with Crippen LogP contribution in [0.5, 0.6) is 0 Å². The van der Waals surface area contributed by atoms with E-state index in [9.17, 15) is 0 Å². The normalized spacial score (nSPS) is 15.0. The maximum absolute atomic E-state index is 4.23. The molecule has 0 amide bonds. The van der Waals surface area contributed by atoms with Crippen molar-refractivity contribution in [2.24, 2.45) is 0 Å². The van der Waals surface area contributed by atoms with Crippen LogP contribution in [-0.2, 0) is 6.54 Å². The molecule has 0 bridgehead atoms. The number of rotatable bonds is 4. The molecule has 1 saturated heterocycles. The van der Waals surface area contributed by atoms with Crippen LogP contribution in [0.4, 0.5) is 11.4 Å². The first-order valence-corrected chi connectivity index (χ1v) is 6.49. The number of nitrogens with zero attached hydrogens (tertiary/aromatic N) is 2. The van der Waals surface area contributed by atoms with E-state index in [1.807, 2.05) is 6.20 Å². The van der Waals surface area contributed by atoms with E-state index in [-0.39, 0.29) is 0 Å². The van der Waals surface area contributed by atoms with Gasteiger partial charge in [-0.05, 0) is 25.0 Å². The summed E-state index contributed by atoms with van der Waals surface area (Å²) in [4.78, 5) is 9.78. The molecule has 1 aromatic heterocycles. The number of nitrogens with one attached hydrogen (secondary N) is 2. The molecular formula is C14H18N4. The van der Waals surface area contributed by atoms with Gasteiger partial charge in [0.05, 0.1) is 17.9 Å². The minimum Gasteiger partial charge on any atom is -0.376 e. The molecule has 18 heavy (non-hydrogen) atoms. The number of anilines is 2. The molecule has 3 rings (SSSR count). The fraction of sp³-hybridized carbons (Fsp3) is 0.357. The Bertz CT molecular complexity index is 486. The van der Waals surface area contributed by atoms with Crippen molar-refractivity contribution in [2.75, 3.05) is 23.3 Å². The fourth-order valence-corrected chi connectivity index (χ4v) is 2.43. The van der Waals surface area contributed by atoms with E-state index in [2.05, 4.69) is 44.5 Å². The molecule has 0 aliphatic carbocycles. The van der Waals surface area contributed by atoms with Crippen LogP contribution in [0.2, 0.25) is 0 Å². The van der Waals surface area contributed by atoms with Crippen LogP contribution in [0.1, 0.15) is 18.7 Å². The Hall–Kier alpha value is -1.97. The van der Waals surface area contributed by atoms with E-state index >= 15 is 0 Å². The van der Waals surface area contributed by atoms with Gasteiger partial charge in [-0.3, -0.25) is 0 Å². The number of imidazole rings is 1. The molecule has 4 nitrogen and oxygen atoms in total. The van der Waals surface area contributed by atoms with E-state index < -0.39 is 0 Å². The van der Waals surface area contributed by atoms with E-state index in [4.69, 9.17) is 0 Å². The number of aromatic nitrogens is 2. The Kier molecular flexibility index (Phi) is 3.17. The number of benzene rings is 1. The highest BCUT2D eigenvalue weighted by Gasteiger charge is 2.15.